The average Bonchev–Trinajstić information content (AvgIpc) is 2.92. The van der Waals surface area contributed by atoms with E-state index < -0.39 is 5.82 Å². The fourth-order valence-corrected chi connectivity index (χ4v) is 2.71. The van der Waals surface area contributed by atoms with Gasteiger partial charge in [-0.05, 0) is 23.5 Å². The van der Waals surface area contributed by atoms with Crippen molar-refractivity contribution in [1.82, 2.24) is 5.43 Å². The van der Waals surface area contributed by atoms with Crippen molar-refractivity contribution in [3.05, 3.63) is 46.2 Å². The Morgan fingerprint density at radius 2 is 2.05 bits per heavy atom. The summed E-state index contributed by atoms with van der Waals surface area (Å²) in [6, 6.07) is 6.19. The highest BCUT2D eigenvalue weighted by Crippen LogP contribution is 2.59. The highest BCUT2D eigenvalue weighted by molar-refractivity contribution is 6.55. The third kappa shape index (κ3) is 3.63. The molecule has 1 aliphatic carbocycles. The van der Waals surface area contributed by atoms with Gasteiger partial charge in [0.15, 0.2) is 0 Å². The Morgan fingerprint density at radius 3 is 2.67 bits per heavy atom. The van der Waals surface area contributed by atoms with E-state index in [1.807, 2.05) is 13.8 Å². The lowest BCUT2D eigenvalue weighted by atomic mass is 10.1. The van der Waals surface area contributed by atoms with Crippen LogP contribution >= 0.6 is 23.2 Å². The predicted molar refractivity (Wildman–Crippen MR) is 82.7 cm³/mol. The SMILES string of the molecule is CC1(C)[C@H](C=C(Cl)Cl)[C@H]1C(=O)N/N=C\c1ccccc1F. The van der Waals surface area contributed by atoms with Crippen LogP contribution in [-0.2, 0) is 4.79 Å². The Labute approximate surface area is 132 Å². The van der Waals surface area contributed by atoms with Crippen LogP contribution in [0.3, 0.4) is 0 Å². The number of nitrogens with one attached hydrogen (secondary N) is 1. The number of hydrogen-bond acceptors (Lipinski definition) is 2. The normalized spacial score (nSPS) is 22.9. The van der Waals surface area contributed by atoms with Gasteiger partial charge in [-0.3, -0.25) is 4.79 Å². The number of rotatable bonds is 4. The Morgan fingerprint density at radius 1 is 1.38 bits per heavy atom. The zero-order chi connectivity index (χ0) is 15.6. The number of carbonyl (C=O) groups is 1. The summed E-state index contributed by atoms with van der Waals surface area (Å²) < 4.78 is 13.5. The van der Waals surface area contributed by atoms with Crippen LogP contribution in [0.1, 0.15) is 19.4 Å². The van der Waals surface area contributed by atoms with Crippen molar-refractivity contribution in [3.8, 4) is 0 Å². The quantitative estimate of drug-likeness (QED) is 0.661. The molecule has 0 radical (unpaired) electrons. The molecule has 0 saturated heterocycles. The minimum atomic E-state index is -0.392. The van der Waals surface area contributed by atoms with E-state index >= 15 is 0 Å². The largest absolute Gasteiger partial charge is 0.273 e. The van der Waals surface area contributed by atoms with Crippen LogP contribution in [-0.4, -0.2) is 12.1 Å². The molecule has 0 bridgehead atoms. The average molecular weight is 329 g/mol. The lowest BCUT2D eigenvalue weighted by molar-refractivity contribution is -0.123. The molecule has 21 heavy (non-hydrogen) atoms. The highest BCUT2D eigenvalue weighted by Gasteiger charge is 2.60. The number of halogens is 3. The Kier molecular flexibility index (Phi) is 4.69. The van der Waals surface area contributed by atoms with Crippen molar-refractivity contribution in [1.29, 1.82) is 0 Å². The topological polar surface area (TPSA) is 41.5 Å². The van der Waals surface area contributed by atoms with Gasteiger partial charge in [0.2, 0.25) is 5.91 Å². The number of hydrogen-bond donors (Lipinski definition) is 1. The first-order valence-electron chi connectivity index (χ1n) is 6.44. The molecule has 2 rings (SSSR count). The van der Waals surface area contributed by atoms with Gasteiger partial charge in [0, 0.05) is 5.56 Å². The highest BCUT2D eigenvalue weighted by atomic mass is 35.5. The fourth-order valence-electron chi connectivity index (χ4n) is 2.44. The number of hydrazone groups is 1. The summed E-state index contributed by atoms with van der Waals surface area (Å²) in [7, 11) is 0. The van der Waals surface area contributed by atoms with Gasteiger partial charge in [0.05, 0.1) is 12.1 Å². The molecule has 1 aromatic rings. The monoisotopic (exact) mass is 328 g/mol. The number of benzene rings is 1. The van der Waals surface area contributed by atoms with Crippen molar-refractivity contribution in [3.63, 3.8) is 0 Å². The third-order valence-corrected chi connectivity index (χ3v) is 4.03. The van der Waals surface area contributed by atoms with Crippen LogP contribution in [0.15, 0.2) is 39.9 Å². The minimum Gasteiger partial charge on any atom is -0.273 e. The maximum absolute atomic E-state index is 13.4. The van der Waals surface area contributed by atoms with Crippen LogP contribution in [0.2, 0.25) is 0 Å². The van der Waals surface area contributed by atoms with Crippen LogP contribution in [0.5, 0.6) is 0 Å². The van der Waals surface area contributed by atoms with Crippen molar-refractivity contribution in [2.45, 2.75) is 13.8 Å². The molecule has 1 N–H and O–H groups in total. The zero-order valence-corrected chi connectivity index (χ0v) is 13.1. The maximum Gasteiger partial charge on any atom is 0.244 e. The van der Waals surface area contributed by atoms with Crippen molar-refractivity contribution in [2.75, 3.05) is 0 Å². The summed E-state index contributed by atoms with van der Waals surface area (Å²) in [6.07, 6.45) is 2.94. The van der Waals surface area contributed by atoms with E-state index in [-0.39, 0.29) is 27.6 Å². The van der Waals surface area contributed by atoms with E-state index in [0.29, 0.717) is 5.56 Å². The summed E-state index contributed by atoms with van der Waals surface area (Å²) in [6.45, 7) is 3.91. The molecule has 112 valence electrons. The lowest BCUT2D eigenvalue weighted by Gasteiger charge is -2.01. The van der Waals surface area contributed by atoms with Crippen LogP contribution < -0.4 is 5.43 Å². The second kappa shape index (κ2) is 6.16. The molecule has 1 aliphatic rings. The molecule has 1 saturated carbocycles. The molecular formula is C15H15Cl2FN2O. The van der Waals surface area contributed by atoms with Gasteiger partial charge in [0.1, 0.15) is 10.3 Å². The molecule has 0 unspecified atom stereocenters. The third-order valence-electron chi connectivity index (χ3n) is 3.78. The smallest absolute Gasteiger partial charge is 0.244 e. The number of carbonyl (C=O) groups excluding carboxylic acids is 1. The number of allylic oxidation sites excluding steroid dienone is 1. The van der Waals surface area contributed by atoms with E-state index in [2.05, 4.69) is 10.5 Å². The van der Waals surface area contributed by atoms with Crippen molar-refractivity contribution >= 4 is 35.3 Å². The summed E-state index contributed by atoms with van der Waals surface area (Å²) >= 11 is 11.3. The first-order chi connectivity index (χ1) is 9.84. The van der Waals surface area contributed by atoms with E-state index in [1.165, 1.54) is 12.3 Å². The standard InChI is InChI=1S/C15H15Cl2FN2O/c1-15(2)10(7-12(16)17)13(15)14(21)20-19-8-9-5-3-4-6-11(9)18/h3-8,10,13H,1-2H3,(H,20,21)/b19-8-/t10-,13+/m1/s1. The van der Waals surface area contributed by atoms with Gasteiger partial charge in [-0.15, -0.1) is 0 Å². The Bertz CT molecular complexity index is 609. The molecule has 3 nitrogen and oxygen atoms in total. The van der Waals surface area contributed by atoms with Gasteiger partial charge in [0.25, 0.3) is 0 Å². The van der Waals surface area contributed by atoms with E-state index in [1.54, 1.807) is 24.3 Å². The minimum absolute atomic E-state index is 0.0221. The van der Waals surface area contributed by atoms with Crippen LogP contribution in [0, 0.1) is 23.1 Å². The molecule has 0 aromatic heterocycles. The van der Waals surface area contributed by atoms with Gasteiger partial charge in [-0.1, -0.05) is 55.2 Å². The first-order valence-corrected chi connectivity index (χ1v) is 7.20. The van der Waals surface area contributed by atoms with E-state index in [0.717, 1.165) is 0 Å². The lowest BCUT2D eigenvalue weighted by Crippen LogP contribution is -2.22. The molecule has 1 aromatic carbocycles. The van der Waals surface area contributed by atoms with Gasteiger partial charge >= 0.3 is 0 Å². The van der Waals surface area contributed by atoms with Crippen LogP contribution in [0.25, 0.3) is 0 Å². The molecule has 2 atom stereocenters. The van der Waals surface area contributed by atoms with E-state index in [4.69, 9.17) is 23.2 Å². The van der Waals surface area contributed by atoms with Crippen molar-refractivity contribution < 1.29 is 9.18 Å². The second-order valence-electron chi connectivity index (χ2n) is 5.54. The molecule has 6 heteroatoms. The molecule has 1 amide bonds. The molecule has 0 aliphatic heterocycles. The Hall–Kier alpha value is -1.39. The number of amides is 1. The number of nitrogens with zero attached hydrogens (tertiary/aromatic N) is 1. The molecular weight excluding hydrogens is 314 g/mol. The summed E-state index contributed by atoms with van der Waals surface area (Å²) in [5, 5.41) is 3.79. The molecule has 1 fully saturated rings. The van der Waals surface area contributed by atoms with Gasteiger partial charge in [-0.2, -0.15) is 5.10 Å². The maximum atomic E-state index is 13.4. The summed E-state index contributed by atoms with van der Waals surface area (Å²) in [4.78, 5) is 12.1. The van der Waals surface area contributed by atoms with Crippen molar-refractivity contribution in [2.24, 2.45) is 22.4 Å². The van der Waals surface area contributed by atoms with Gasteiger partial charge < -0.3 is 0 Å². The van der Waals surface area contributed by atoms with Crippen LogP contribution in [0.4, 0.5) is 4.39 Å². The molecule has 0 spiro atoms. The van der Waals surface area contributed by atoms with Gasteiger partial charge in [-0.25, -0.2) is 9.82 Å². The zero-order valence-electron chi connectivity index (χ0n) is 11.6. The predicted octanol–water partition coefficient (Wildman–Crippen LogP) is 3.87. The molecule has 0 heterocycles. The summed E-state index contributed by atoms with van der Waals surface area (Å²) in [5.74, 6) is -0.894. The second-order valence-corrected chi connectivity index (χ2v) is 6.54. The van der Waals surface area contributed by atoms with E-state index in [9.17, 15) is 9.18 Å². The first kappa shape index (κ1) is 16.0. The fraction of sp³-hybridized carbons (Fsp3) is 0.333. The summed E-state index contributed by atoms with van der Waals surface area (Å²) in [5.41, 5.74) is 2.52. The Balaban J connectivity index is 1.97.